The van der Waals surface area contributed by atoms with E-state index in [9.17, 15) is 8.42 Å². The molecule has 0 N–H and O–H groups in total. The maximum Gasteiger partial charge on any atom is 0.232 e. The molecule has 0 aliphatic carbocycles. The molecule has 3 rings (SSSR count). The first-order valence-electron chi connectivity index (χ1n) is 8.45. The van der Waals surface area contributed by atoms with Crippen molar-refractivity contribution in [3.63, 3.8) is 0 Å². The highest BCUT2D eigenvalue weighted by Crippen LogP contribution is 2.29. The molecule has 1 aromatic heterocycles. The molecule has 1 aliphatic heterocycles. The average Bonchev–Trinajstić information content (AvgIpc) is 3.00. The number of unbranched alkanes of at least 4 members (excludes halogenated alkanes) is 1. The Morgan fingerprint density at radius 2 is 2.08 bits per heavy atom. The third kappa shape index (κ3) is 4.01. The SMILES string of the molecule is CCCCS(=O)(=O)N1CC(c2nc(Cc3ccccc3OC)no2)C1. The van der Waals surface area contributed by atoms with Gasteiger partial charge in [0.2, 0.25) is 15.9 Å². The molecule has 1 aliphatic rings. The third-order valence-corrected chi connectivity index (χ3v) is 6.26. The van der Waals surface area contributed by atoms with Gasteiger partial charge in [-0.15, -0.1) is 0 Å². The van der Waals surface area contributed by atoms with Gasteiger partial charge in [-0.05, 0) is 12.5 Å². The van der Waals surface area contributed by atoms with E-state index in [1.54, 1.807) is 7.11 Å². The second-order valence-corrected chi connectivity index (χ2v) is 8.31. The molecule has 0 amide bonds. The molecule has 1 saturated heterocycles. The van der Waals surface area contributed by atoms with Gasteiger partial charge in [0, 0.05) is 25.1 Å². The van der Waals surface area contributed by atoms with Gasteiger partial charge in [-0.25, -0.2) is 12.7 Å². The summed E-state index contributed by atoms with van der Waals surface area (Å²) in [6.07, 6.45) is 2.07. The zero-order valence-electron chi connectivity index (χ0n) is 14.5. The Kier molecular flexibility index (Phi) is 5.39. The largest absolute Gasteiger partial charge is 0.496 e. The fourth-order valence-electron chi connectivity index (χ4n) is 2.80. The highest BCUT2D eigenvalue weighted by molar-refractivity contribution is 7.89. The van der Waals surface area contributed by atoms with Crippen LogP contribution in [0.5, 0.6) is 5.75 Å². The fraction of sp³-hybridized carbons (Fsp3) is 0.529. The summed E-state index contributed by atoms with van der Waals surface area (Å²) in [6.45, 7) is 2.82. The monoisotopic (exact) mass is 365 g/mol. The Morgan fingerprint density at radius 3 is 2.80 bits per heavy atom. The van der Waals surface area contributed by atoms with Crippen molar-refractivity contribution in [3.05, 3.63) is 41.5 Å². The molecule has 1 fully saturated rings. The summed E-state index contributed by atoms with van der Waals surface area (Å²) in [7, 11) is -1.52. The number of hydrogen-bond donors (Lipinski definition) is 0. The lowest BCUT2D eigenvalue weighted by Crippen LogP contribution is -2.49. The van der Waals surface area contributed by atoms with Gasteiger partial charge in [-0.3, -0.25) is 0 Å². The fourth-order valence-corrected chi connectivity index (χ4v) is 4.53. The minimum atomic E-state index is -3.15. The van der Waals surface area contributed by atoms with Gasteiger partial charge >= 0.3 is 0 Å². The molecule has 2 aromatic rings. The van der Waals surface area contributed by atoms with Crippen LogP contribution in [0, 0.1) is 0 Å². The molecule has 1 aromatic carbocycles. The quantitative estimate of drug-likeness (QED) is 0.713. The molecule has 0 spiro atoms. The molecule has 0 radical (unpaired) electrons. The highest BCUT2D eigenvalue weighted by atomic mass is 32.2. The number of para-hydroxylation sites is 1. The number of sulfonamides is 1. The summed E-state index contributed by atoms with van der Waals surface area (Å²) >= 11 is 0. The molecule has 136 valence electrons. The smallest absolute Gasteiger partial charge is 0.232 e. The lowest BCUT2D eigenvalue weighted by atomic mass is 10.0. The maximum absolute atomic E-state index is 12.1. The number of ether oxygens (including phenoxy) is 1. The summed E-state index contributed by atoms with van der Waals surface area (Å²) < 4.78 is 36.4. The minimum absolute atomic E-state index is 0.0182. The van der Waals surface area contributed by atoms with Gasteiger partial charge in [-0.1, -0.05) is 36.7 Å². The van der Waals surface area contributed by atoms with Gasteiger partial charge < -0.3 is 9.26 Å². The highest BCUT2D eigenvalue weighted by Gasteiger charge is 2.39. The van der Waals surface area contributed by atoms with Crippen molar-refractivity contribution in [2.24, 2.45) is 0 Å². The van der Waals surface area contributed by atoms with Crippen molar-refractivity contribution in [1.82, 2.24) is 14.4 Å². The van der Waals surface area contributed by atoms with Crippen LogP contribution in [0.3, 0.4) is 0 Å². The van der Waals surface area contributed by atoms with E-state index in [2.05, 4.69) is 10.1 Å². The van der Waals surface area contributed by atoms with Crippen LogP contribution >= 0.6 is 0 Å². The van der Waals surface area contributed by atoms with Crippen molar-refractivity contribution in [2.45, 2.75) is 32.1 Å². The number of rotatable bonds is 8. The van der Waals surface area contributed by atoms with Crippen LogP contribution < -0.4 is 4.74 Å². The van der Waals surface area contributed by atoms with Crippen LogP contribution in [0.1, 0.15) is 43.0 Å². The van der Waals surface area contributed by atoms with Crippen molar-refractivity contribution in [1.29, 1.82) is 0 Å². The van der Waals surface area contributed by atoms with E-state index in [1.165, 1.54) is 4.31 Å². The van der Waals surface area contributed by atoms with E-state index < -0.39 is 10.0 Å². The Labute approximate surface area is 148 Å². The molecule has 0 unspecified atom stereocenters. The summed E-state index contributed by atoms with van der Waals surface area (Å²) in [5.74, 6) is 2.05. The van der Waals surface area contributed by atoms with E-state index >= 15 is 0 Å². The predicted molar refractivity (Wildman–Crippen MR) is 93.1 cm³/mol. The van der Waals surface area contributed by atoms with Crippen molar-refractivity contribution in [2.75, 3.05) is 26.0 Å². The summed E-state index contributed by atoms with van der Waals surface area (Å²) in [6, 6.07) is 7.69. The van der Waals surface area contributed by atoms with Gasteiger partial charge in [0.1, 0.15) is 5.75 Å². The first-order valence-corrected chi connectivity index (χ1v) is 10.1. The van der Waals surface area contributed by atoms with Crippen LogP contribution in [0.15, 0.2) is 28.8 Å². The Hall–Kier alpha value is -1.93. The molecule has 25 heavy (non-hydrogen) atoms. The summed E-state index contributed by atoms with van der Waals surface area (Å²) in [4.78, 5) is 4.43. The number of aromatic nitrogens is 2. The van der Waals surface area contributed by atoms with Gasteiger partial charge in [0.05, 0.1) is 18.8 Å². The normalized spacial score (nSPS) is 15.9. The number of benzene rings is 1. The zero-order chi connectivity index (χ0) is 17.9. The van der Waals surface area contributed by atoms with Crippen LogP contribution in [-0.2, 0) is 16.4 Å². The molecular weight excluding hydrogens is 342 g/mol. The van der Waals surface area contributed by atoms with Crippen LogP contribution in [0.25, 0.3) is 0 Å². The molecule has 7 nitrogen and oxygen atoms in total. The third-order valence-electron chi connectivity index (χ3n) is 4.37. The van der Waals surface area contributed by atoms with Crippen molar-refractivity contribution < 1.29 is 17.7 Å². The molecule has 2 heterocycles. The first-order chi connectivity index (χ1) is 12.0. The van der Waals surface area contributed by atoms with E-state index in [0.717, 1.165) is 17.7 Å². The molecule has 0 saturated carbocycles. The molecule has 8 heteroatoms. The molecule has 0 bridgehead atoms. The number of nitrogens with zero attached hydrogens (tertiary/aromatic N) is 3. The van der Waals surface area contributed by atoms with Gasteiger partial charge in [-0.2, -0.15) is 4.98 Å². The van der Waals surface area contributed by atoms with Crippen molar-refractivity contribution >= 4 is 10.0 Å². The van der Waals surface area contributed by atoms with Crippen LogP contribution in [0.4, 0.5) is 0 Å². The van der Waals surface area contributed by atoms with Gasteiger partial charge in [0.15, 0.2) is 5.82 Å². The lowest BCUT2D eigenvalue weighted by molar-refractivity contribution is 0.216. The number of methoxy groups -OCH3 is 1. The van der Waals surface area contributed by atoms with E-state index in [1.807, 2.05) is 31.2 Å². The standard InChI is InChI=1S/C17H23N3O4S/c1-3-4-9-25(21,22)20-11-14(12-20)17-18-16(19-24-17)10-13-7-5-6-8-15(13)23-2/h5-8,14H,3-4,9-12H2,1-2H3. The van der Waals surface area contributed by atoms with Crippen LogP contribution in [0.2, 0.25) is 0 Å². The molecular formula is C17H23N3O4S. The minimum Gasteiger partial charge on any atom is -0.496 e. The number of hydrogen-bond acceptors (Lipinski definition) is 6. The van der Waals surface area contributed by atoms with Crippen molar-refractivity contribution in [3.8, 4) is 5.75 Å². The average molecular weight is 365 g/mol. The summed E-state index contributed by atoms with van der Waals surface area (Å²) in [5.41, 5.74) is 0.981. The van der Waals surface area contributed by atoms with Gasteiger partial charge in [0.25, 0.3) is 0 Å². The predicted octanol–water partition coefficient (Wildman–Crippen LogP) is 2.20. The van der Waals surface area contributed by atoms with Crippen LogP contribution in [-0.4, -0.2) is 48.8 Å². The summed E-state index contributed by atoms with van der Waals surface area (Å²) in [5, 5.41) is 4.02. The second-order valence-electron chi connectivity index (χ2n) is 6.22. The Balaban J connectivity index is 1.60. The molecule has 0 atom stereocenters. The first kappa shape index (κ1) is 17.9. The maximum atomic E-state index is 12.1. The van der Waals surface area contributed by atoms with E-state index in [0.29, 0.717) is 37.6 Å². The van der Waals surface area contributed by atoms with E-state index in [4.69, 9.17) is 9.26 Å². The Bertz CT molecular complexity index is 813. The van der Waals surface area contributed by atoms with E-state index in [-0.39, 0.29) is 11.7 Å². The second kappa shape index (κ2) is 7.53. The zero-order valence-corrected chi connectivity index (χ0v) is 15.3. The topological polar surface area (TPSA) is 85.5 Å². The Morgan fingerprint density at radius 1 is 1.32 bits per heavy atom. The lowest BCUT2D eigenvalue weighted by Gasteiger charge is -2.35.